The van der Waals surface area contributed by atoms with E-state index in [2.05, 4.69) is 4.90 Å². The van der Waals surface area contributed by atoms with Crippen LogP contribution in [0.1, 0.15) is 26.7 Å². The van der Waals surface area contributed by atoms with Crippen molar-refractivity contribution >= 4 is 30.8 Å². The van der Waals surface area contributed by atoms with Crippen LogP contribution in [0.15, 0.2) is 0 Å². The van der Waals surface area contributed by atoms with E-state index in [1.54, 1.807) is 0 Å². The zero-order valence-electron chi connectivity index (χ0n) is 10.8. The van der Waals surface area contributed by atoms with Gasteiger partial charge < -0.3 is 15.4 Å². The third-order valence-corrected chi connectivity index (χ3v) is 2.99. The summed E-state index contributed by atoms with van der Waals surface area (Å²) in [5.74, 6) is -0.141. The minimum Gasteiger partial charge on any atom is -0.469 e. The molecule has 1 aliphatic rings. The van der Waals surface area contributed by atoms with Gasteiger partial charge in [-0.25, -0.2) is 0 Å². The van der Waals surface area contributed by atoms with E-state index < -0.39 is 5.41 Å². The van der Waals surface area contributed by atoms with Crippen LogP contribution in [0.4, 0.5) is 0 Å². The third kappa shape index (κ3) is 5.91. The van der Waals surface area contributed by atoms with Gasteiger partial charge in [-0.15, -0.1) is 24.8 Å². The molecule has 1 fully saturated rings. The number of carbonyl (C=O) groups excluding carboxylic acids is 1. The fourth-order valence-corrected chi connectivity index (χ4v) is 2.01. The molecule has 1 aliphatic heterocycles. The van der Waals surface area contributed by atoms with Gasteiger partial charge in [0.1, 0.15) is 0 Å². The summed E-state index contributed by atoms with van der Waals surface area (Å²) in [5, 5.41) is 0. The number of halogens is 2. The molecule has 104 valence electrons. The van der Waals surface area contributed by atoms with Crippen molar-refractivity contribution in [2.45, 2.75) is 32.7 Å². The Bertz CT molecular complexity index is 230. The number of ether oxygens (including phenoxy) is 1. The van der Waals surface area contributed by atoms with Crippen molar-refractivity contribution < 1.29 is 9.53 Å². The number of likely N-dealkylation sites (tertiary alicyclic amines) is 1. The van der Waals surface area contributed by atoms with Gasteiger partial charge in [0.15, 0.2) is 0 Å². The smallest absolute Gasteiger partial charge is 0.312 e. The number of hydrogen-bond acceptors (Lipinski definition) is 4. The molecule has 0 radical (unpaired) electrons. The van der Waals surface area contributed by atoms with Crippen LogP contribution < -0.4 is 5.73 Å². The van der Waals surface area contributed by atoms with Crippen LogP contribution in [0.25, 0.3) is 0 Å². The van der Waals surface area contributed by atoms with E-state index in [1.165, 1.54) is 7.11 Å². The Morgan fingerprint density at radius 1 is 1.35 bits per heavy atom. The maximum absolute atomic E-state index is 11.5. The number of methoxy groups -OCH3 is 1. The van der Waals surface area contributed by atoms with Crippen molar-refractivity contribution in [1.82, 2.24) is 4.90 Å². The topological polar surface area (TPSA) is 55.6 Å². The largest absolute Gasteiger partial charge is 0.469 e. The quantitative estimate of drug-likeness (QED) is 0.798. The summed E-state index contributed by atoms with van der Waals surface area (Å²) in [6.45, 7) is 6.58. The van der Waals surface area contributed by atoms with Crippen LogP contribution >= 0.6 is 24.8 Å². The molecular formula is C11H24Cl2N2O2. The van der Waals surface area contributed by atoms with E-state index in [-0.39, 0.29) is 30.8 Å². The SMILES string of the molecule is COC(=O)C(C)(C)CN1CCC(N)CC1.Cl.Cl. The van der Waals surface area contributed by atoms with E-state index in [1.807, 2.05) is 13.8 Å². The first kappa shape index (κ1) is 19.3. The molecule has 0 aromatic heterocycles. The predicted molar refractivity (Wildman–Crippen MR) is 73.9 cm³/mol. The molecule has 0 atom stereocenters. The van der Waals surface area contributed by atoms with E-state index in [0.29, 0.717) is 6.04 Å². The predicted octanol–water partition coefficient (Wildman–Crippen LogP) is 1.45. The molecule has 0 aromatic carbocycles. The molecule has 4 nitrogen and oxygen atoms in total. The van der Waals surface area contributed by atoms with Gasteiger partial charge in [0.05, 0.1) is 12.5 Å². The van der Waals surface area contributed by atoms with Crippen molar-refractivity contribution in [3.8, 4) is 0 Å². The number of hydrogen-bond donors (Lipinski definition) is 1. The van der Waals surface area contributed by atoms with Gasteiger partial charge in [-0.05, 0) is 39.8 Å². The Morgan fingerprint density at radius 3 is 2.24 bits per heavy atom. The summed E-state index contributed by atoms with van der Waals surface area (Å²) in [4.78, 5) is 13.8. The van der Waals surface area contributed by atoms with Gasteiger partial charge in [0, 0.05) is 12.6 Å². The van der Waals surface area contributed by atoms with Crippen LogP contribution in [0, 0.1) is 5.41 Å². The molecule has 1 heterocycles. The van der Waals surface area contributed by atoms with Gasteiger partial charge in [0.25, 0.3) is 0 Å². The summed E-state index contributed by atoms with van der Waals surface area (Å²) < 4.78 is 4.79. The Labute approximate surface area is 116 Å². The van der Waals surface area contributed by atoms with Crippen LogP contribution in [-0.4, -0.2) is 43.7 Å². The van der Waals surface area contributed by atoms with Crippen molar-refractivity contribution in [2.75, 3.05) is 26.7 Å². The highest BCUT2D eigenvalue weighted by atomic mass is 35.5. The van der Waals surface area contributed by atoms with Crippen molar-refractivity contribution in [2.24, 2.45) is 11.1 Å². The molecule has 0 bridgehead atoms. The summed E-state index contributed by atoms with van der Waals surface area (Å²) in [5.41, 5.74) is 5.41. The highest BCUT2D eigenvalue weighted by Crippen LogP contribution is 2.21. The lowest BCUT2D eigenvalue weighted by molar-refractivity contribution is -0.152. The molecule has 0 unspecified atom stereocenters. The van der Waals surface area contributed by atoms with Crippen molar-refractivity contribution in [1.29, 1.82) is 0 Å². The number of piperidine rings is 1. The average Bonchev–Trinajstić information content (AvgIpc) is 2.20. The van der Waals surface area contributed by atoms with Gasteiger partial charge in [-0.3, -0.25) is 4.79 Å². The number of rotatable bonds is 3. The van der Waals surface area contributed by atoms with Gasteiger partial charge in [-0.1, -0.05) is 0 Å². The summed E-state index contributed by atoms with van der Waals surface area (Å²) in [6, 6.07) is 0.336. The van der Waals surface area contributed by atoms with Gasteiger partial charge in [-0.2, -0.15) is 0 Å². The van der Waals surface area contributed by atoms with E-state index >= 15 is 0 Å². The first-order chi connectivity index (χ1) is 6.95. The maximum Gasteiger partial charge on any atom is 0.312 e. The highest BCUT2D eigenvalue weighted by molar-refractivity contribution is 5.85. The molecule has 0 saturated carbocycles. The fraction of sp³-hybridized carbons (Fsp3) is 0.909. The van der Waals surface area contributed by atoms with Crippen LogP contribution in [0.5, 0.6) is 0 Å². The average molecular weight is 287 g/mol. The van der Waals surface area contributed by atoms with E-state index in [4.69, 9.17) is 10.5 Å². The zero-order valence-corrected chi connectivity index (χ0v) is 12.4. The second kappa shape index (κ2) is 8.14. The summed E-state index contributed by atoms with van der Waals surface area (Å²) in [7, 11) is 1.44. The summed E-state index contributed by atoms with van der Waals surface area (Å²) >= 11 is 0. The molecule has 6 heteroatoms. The zero-order chi connectivity index (χ0) is 11.5. The normalized spacial score (nSPS) is 17.9. The minimum atomic E-state index is -0.420. The number of carbonyl (C=O) groups is 1. The van der Waals surface area contributed by atoms with Crippen LogP contribution in [0.3, 0.4) is 0 Å². The first-order valence-electron chi connectivity index (χ1n) is 5.52. The molecule has 1 saturated heterocycles. The van der Waals surface area contributed by atoms with Crippen LogP contribution in [-0.2, 0) is 9.53 Å². The van der Waals surface area contributed by atoms with E-state index in [0.717, 1.165) is 32.5 Å². The Hall–Kier alpha value is -0.0300. The minimum absolute atomic E-state index is 0. The van der Waals surface area contributed by atoms with Gasteiger partial charge >= 0.3 is 5.97 Å². The fourth-order valence-electron chi connectivity index (χ4n) is 2.01. The molecule has 0 spiro atoms. The van der Waals surface area contributed by atoms with E-state index in [9.17, 15) is 4.79 Å². The van der Waals surface area contributed by atoms with Crippen molar-refractivity contribution in [3.63, 3.8) is 0 Å². The molecule has 0 aliphatic carbocycles. The highest BCUT2D eigenvalue weighted by Gasteiger charge is 2.32. The Kier molecular flexibility index (Phi) is 9.25. The molecule has 1 rings (SSSR count). The number of nitrogens with zero attached hydrogens (tertiary/aromatic N) is 1. The maximum atomic E-state index is 11.5. The second-order valence-electron chi connectivity index (χ2n) is 4.99. The van der Waals surface area contributed by atoms with Gasteiger partial charge in [0.2, 0.25) is 0 Å². The number of esters is 1. The lowest BCUT2D eigenvalue weighted by Gasteiger charge is -2.35. The molecular weight excluding hydrogens is 263 g/mol. The van der Waals surface area contributed by atoms with Crippen LogP contribution in [0.2, 0.25) is 0 Å². The van der Waals surface area contributed by atoms with Crippen molar-refractivity contribution in [3.05, 3.63) is 0 Å². The molecule has 17 heavy (non-hydrogen) atoms. The number of nitrogens with two attached hydrogens (primary N) is 1. The molecule has 0 amide bonds. The Morgan fingerprint density at radius 2 is 1.82 bits per heavy atom. The molecule has 2 N–H and O–H groups in total. The Balaban J connectivity index is 0. The second-order valence-corrected chi connectivity index (χ2v) is 4.99. The lowest BCUT2D eigenvalue weighted by Crippen LogP contribution is -2.46. The first-order valence-corrected chi connectivity index (χ1v) is 5.52. The monoisotopic (exact) mass is 286 g/mol. The third-order valence-electron chi connectivity index (χ3n) is 2.99. The molecule has 0 aromatic rings. The standard InChI is InChI=1S/C11H22N2O2.2ClH/c1-11(2,10(14)15-3)8-13-6-4-9(12)5-7-13;;/h9H,4-8,12H2,1-3H3;2*1H. The lowest BCUT2D eigenvalue weighted by atomic mass is 9.91. The summed E-state index contributed by atoms with van der Waals surface area (Å²) in [6.07, 6.45) is 2.05.